The fourth-order valence-corrected chi connectivity index (χ4v) is 2.17. The van der Waals surface area contributed by atoms with Gasteiger partial charge in [-0.05, 0) is 37.2 Å². The minimum Gasteiger partial charge on any atom is -0.497 e. The molecule has 1 aromatic rings. The molecular weight excluding hydrogens is 224 g/mol. The van der Waals surface area contributed by atoms with E-state index >= 15 is 0 Å². The lowest BCUT2D eigenvalue weighted by atomic mass is 10.2. The van der Waals surface area contributed by atoms with E-state index in [9.17, 15) is 0 Å². The molecule has 1 aliphatic heterocycles. The van der Waals surface area contributed by atoms with Crippen molar-refractivity contribution in [1.82, 2.24) is 10.2 Å². The number of rotatable bonds is 4. The monoisotopic (exact) mass is 246 g/mol. The molecule has 2 rings (SSSR count). The summed E-state index contributed by atoms with van der Waals surface area (Å²) in [7, 11) is 1.70. The van der Waals surface area contributed by atoms with E-state index in [0.29, 0.717) is 0 Å². The van der Waals surface area contributed by atoms with Crippen molar-refractivity contribution in [1.29, 1.82) is 0 Å². The largest absolute Gasteiger partial charge is 0.497 e. The van der Waals surface area contributed by atoms with Gasteiger partial charge in [-0.3, -0.25) is 4.90 Å². The first-order valence-corrected chi connectivity index (χ1v) is 6.62. The van der Waals surface area contributed by atoms with Gasteiger partial charge in [-0.1, -0.05) is 24.3 Å². The van der Waals surface area contributed by atoms with Crippen molar-refractivity contribution in [2.24, 2.45) is 0 Å². The van der Waals surface area contributed by atoms with Gasteiger partial charge in [0, 0.05) is 19.6 Å². The van der Waals surface area contributed by atoms with Gasteiger partial charge in [0.05, 0.1) is 7.11 Å². The zero-order chi connectivity index (χ0) is 12.6. The molecule has 0 spiro atoms. The van der Waals surface area contributed by atoms with Gasteiger partial charge in [0.25, 0.3) is 0 Å². The molecule has 18 heavy (non-hydrogen) atoms. The Morgan fingerprint density at radius 2 is 2.28 bits per heavy atom. The average Bonchev–Trinajstić information content (AvgIpc) is 2.68. The summed E-state index contributed by atoms with van der Waals surface area (Å²) in [6.45, 7) is 5.61. The number of ether oxygens (including phenoxy) is 1. The van der Waals surface area contributed by atoms with E-state index < -0.39 is 0 Å². The maximum Gasteiger partial charge on any atom is 0.119 e. The summed E-state index contributed by atoms with van der Waals surface area (Å²) in [4.78, 5) is 2.48. The molecule has 0 radical (unpaired) electrons. The van der Waals surface area contributed by atoms with E-state index in [1.165, 1.54) is 18.5 Å². The van der Waals surface area contributed by atoms with Gasteiger partial charge >= 0.3 is 0 Å². The first-order chi connectivity index (χ1) is 8.88. The van der Waals surface area contributed by atoms with E-state index in [0.717, 1.165) is 31.9 Å². The van der Waals surface area contributed by atoms with Crippen molar-refractivity contribution in [3.63, 3.8) is 0 Å². The Hall–Kier alpha value is -1.32. The van der Waals surface area contributed by atoms with Crippen LogP contribution in [0, 0.1) is 0 Å². The SMILES string of the molecule is COc1cccc(/C=C/CN2CCCNCC2)c1. The van der Waals surface area contributed by atoms with Crippen molar-refractivity contribution in [3.05, 3.63) is 35.9 Å². The maximum atomic E-state index is 5.22. The molecule has 0 aromatic heterocycles. The highest BCUT2D eigenvalue weighted by molar-refractivity contribution is 5.51. The van der Waals surface area contributed by atoms with Crippen LogP contribution in [-0.4, -0.2) is 44.7 Å². The second-order valence-electron chi connectivity index (χ2n) is 4.58. The van der Waals surface area contributed by atoms with Crippen LogP contribution < -0.4 is 10.1 Å². The first-order valence-electron chi connectivity index (χ1n) is 6.62. The van der Waals surface area contributed by atoms with Crippen molar-refractivity contribution < 1.29 is 4.74 Å². The minimum atomic E-state index is 0.913. The topological polar surface area (TPSA) is 24.5 Å². The lowest BCUT2D eigenvalue weighted by Crippen LogP contribution is -2.28. The van der Waals surface area contributed by atoms with Crippen LogP contribution in [0.15, 0.2) is 30.3 Å². The summed E-state index contributed by atoms with van der Waals surface area (Å²) in [5, 5.41) is 3.42. The first kappa shape index (κ1) is 13.1. The second kappa shape index (κ2) is 7.19. The molecule has 0 atom stereocenters. The molecule has 0 saturated carbocycles. The number of hydrogen-bond donors (Lipinski definition) is 1. The lowest BCUT2D eigenvalue weighted by molar-refractivity contribution is 0.324. The third kappa shape index (κ3) is 4.17. The molecule has 1 aliphatic rings. The molecule has 0 amide bonds. The predicted molar refractivity (Wildman–Crippen MR) is 76.0 cm³/mol. The van der Waals surface area contributed by atoms with Gasteiger partial charge in [0.1, 0.15) is 5.75 Å². The zero-order valence-corrected chi connectivity index (χ0v) is 11.1. The Labute approximate surface area is 109 Å². The molecule has 0 unspecified atom stereocenters. The maximum absolute atomic E-state index is 5.22. The van der Waals surface area contributed by atoms with Gasteiger partial charge in [0.2, 0.25) is 0 Å². The molecule has 1 saturated heterocycles. The summed E-state index contributed by atoms with van der Waals surface area (Å²) in [5.41, 5.74) is 1.20. The zero-order valence-electron chi connectivity index (χ0n) is 11.1. The molecule has 1 N–H and O–H groups in total. The van der Waals surface area contributed by atoms with Crippen LogP contribution in [0.2, 0.25) is 0 Å². The van der Waals surface area contributed by atoms with Gasteiger partial charge in [-0.2, -0.15) is 0 Å². The molecule has 0 bridgehead atoms. The third-order valence-corrected chi connectivity index (χ3v) is 3.20. The van der Waals surface area contributed by atoms with Crippen LogP contribution in [0.25, 0.3) is 6.08 Å². The van der Waals surface area contributed by atoms with Gasteiger partial charge in [-0.15, -0.1) is 0 Å². The molecule has 0 aliphatic carbocycles. The summed E-state index contributed by atoms with van der Waals surface area (Å²) in [6.07, 6.45) is 5.65. The molecule has 1 heterocycles. The summed E-state index contributed by atoms with van der Waals surface area (Å²) < 4.78 is 5.22. The van der Waals surface area contributed by atoms with Gasteiger partial charge < -0.3 is 10.1 Å². The van der Waals surface area contributed by atoms with Crippen LogP contribution in [-0.2, 0) is 0 Å². The standard InChI is InChI=1S/C15H22N2O/c1-18-15-7-2-5-14(13-15)6-3-10-17-11-4-8-16-9-12-17/h2-3,5-7,13,16H,4,8-12H2,1H3/b6-3+. The molecule has 1 fully saturated rings. The van der Waals surface area contributed by atoms with Crippen molar-refractivity contribution >= 4 is 6.08 Å². The fraction of sp³-hybridized carbons (Fsp3) is 0.467. The highest BCUT2D eigenvalue weighted by Gasteiger charge is 2.05. The predicted octanol–water partition coefficient (Wildman–Crippen LogP) is 2.00. The fourth-order valence-electron chi connectivity index (χ4n) is 2.17. The summed E-state index contributed by atoms with van der Waals surface area (Å²) >= 11 is 0. The Kier molecular flexibility index (Phi) is 5.24. The summed E-state index contributed by atoms with van der Waals surface area (Å²) in [5.74, 6) is 0.913. The number of benzene rings is 1. The van der Waals surface area contributed by atoms with E-state index in [4.69, 9.17) is 4.74 Å². The van der Waals surface area contributed by atoms with Gasteiger partial charge in [-0.25, -0.2) is 0 Å². The quantitative estimate of drug-likeness (QED) is 0.879. The summed E-state index contributed by atoms with van der Waals surface area (Å²) in [6, 6.07) is 8.15. The average molecular weight is 246 g/mol. The molecule has 98 valence electrons. The number of hydrogen-bond acceptors (Lipinski definition) is 3. The molecule has 1 aromatic carbocycles. The van der Waals surface area contributed by atoms with Crippen LogP contribution >= 0.6 is 0 Å². The third-order valence-electron chi connectivity index (χ3n) is 3.20. The highest BCUT2D eigenvalue weighted by atomic mass is 16.5. The smallest absolute Gasteiger partial charge is 0.119 e. The van der Waals surface area contributed by atoms with E-state index in [-0.39, 0.29) is 0 Å². The molecule has 3 nitrogen and oxygen atoms in total. The van der Waals surface area contributed by atoms with Gasteiger partial charge in [0.15, 0.2) is 0 Å². The number of methoxy groups -OCH3 is 1. The van der Waals surface area contributed by atoms with E-state index in [1.54, 1.807) is 7.11 Å². The Bertz CT molecular complexity index is 382. The molecule has 3 heteroatoms. The van der Waals surface area contributed by atoms with Crippen molar-refractivity contribution in [2.75, 3.05) is 39.8 Å². The number of nitrogens with zero attached hydrogens (tertiary/aromatic N) is 1. The van der Waals surface area contributed by atoms with E-state index in [2.05, 4.69) is 34.5 Å². The van der Waals surface area contributed by atoms with Crippen LogP contribution in [0.1, 0.15) is 12.0 Å². The lowest BCUT2D eigenvalue weighted by Gasteiger charge is -2.16. The Morgan fingerprint density at radius 3 is 3.17 bits per heavy atom. The molecular formula is C15H22N2O. The Morgan fingerprint density at radius 1 is 1.33 bits per heavy atom. The van der Waals surface area contributed by atoms with Crippen molar-refractivity contribution in [2.45, 2.75) is 6.42 Å². The van der Waals surface area contributed by atoms with Crippen LogP contribution in [0.4, 0.5) is 0 Å². The highest BCUT2D eigenvalue weighted by Crippen LogP contribution is 2.13. The van der Waals surface area contributed by atoms with Crippen molar-refractivity contribution in [3.8, 4) is 5.75 Å². The normalized spacial score (nSPS) is 17.8. The van der Waals surface area contributed by atoms with E-state index in [1.807, 2.05) is 12.1 Å². The Balaban J connectivity index is 1.85. The minimum absolute atomic E-state index is 0.913. The van der Waals surface area contributed by atoms with Crippen LogP contribution in [0.3, 0.4) is 0 Å². The van der Waals surface area contributed by atoms with Crippen LogP contribution in [0.5, 0.6) is 5.75 Å². The second-order valence-corrected chi connectivity index (χ2v) is 4.58. The number of nitrogens with one attached hydrogen (secondary N) is 1.